The monoisotopic (exact) mass is 315 g/mol. The van der Waals surface area contributed by atoms with Gasteiger partial charge in [-0.05, 0) is 31.3 Å². The van der Waals surface area contributed by atoms with E-state index in [1.54, 1.807) is 11.8 Å². The van der Waals surface area contributed by atoms with Crippen molar-refractivity contribution in [1.82, 2.24) is 4.90 Å². The van der Waals surface area contributed by atoms with Crippen LogP contribution in [-0.4, -0.2) is 36.6 Å². The maximum Gasteiger partial charge on any atom is 0.151 e. The molecule has 0 N–H and O–H groups in total. The van der Waals surface area contributed by atoms with Gasteiger partial charge in [-0.1, -0.05) is 29.8 Å². The molecule has 1 aromatic carbocycles. The summed E-state index contributed by atoms with van der Waals surface area (Å²) in [4.78, 5) is 14.3. The van der Waals surface area contributed by atoms with Gasteiger partial charge < -0.3 is 4.90 Å². The third-order valence-electron chi connectivity index (χ3n) is 2.66. The summed E-state index contributed by atoms with van der Waals surface area (Å²) in [5.41, 5.74) is 0.776. The van der Waals surface area contributed by atoms with Crippen molar-refractivity contribution >= 4 is 34.0 Å². The number of halogens is 1. The smallest absolute Gasteiger partial charge is 0.151 e. The first-order chi connectivity index (χ1) is 8.21. The maximum atomic E-state index is 10.9. The minimum absolute atomic E-state index is 0.776. The van der Waals surface area contributed by atoms with Crippen LogP contribution in [-0.2, 0) is 0 Å². The molecule has 0 unspecified atom stereocenters. The molecule has 0 fully saturated rings. The van der Waals surface area contributed by atoms with Crippen LogP contribution in [0.25, 0.3) is 0 Å². The number of hydrogen-bond acceptors (Lipinski definition) is 3. The summed E-state index contributed by atoms with van der Waals surface area (Å²) in [6.45, 7) is 7.56. The molecule has 0 atom stereocenters. The Balaban J connectivity index is 2.56. The minimum atomic E-state index is 0.776. The first-order valence-electron chi connectivity index (χ1n) is 5.81. The van der Waals surface area contributed by atoms with Crippen LogP contribution in [0.5, 0.6) is 0 Å². The SMILES string of the molecule is CCN(CC)CCSc1cc(Br)ccc1C=O. The van der Waals surface area contributed by atoms with E-state index in [2.05, 4.69) is 34.7 Å². The van der Waals surface area contributed by atoms with Crippen LogP contribution < -0.4 is 0 Å². The third-order valence-corrected chi connectivity index (χ3v) is 4.21. The molecule has 0 saturated carbocycles. The Morgan fingerprint density at radius 3 is 2.65 bits per heavy atom. The van der Waals surface area contributed by atoms with E-state index in [9.17, 15) is 4.79 Å². The summed E-state index contributed by atoms with van der Waals surface area (Å²) in [5, 5.41) is 0. The highest BCUT2D eigenvalue weighted by Crippen LogP contribution is 2.25. The summed E-state index contributed by atoms with van der Waals surface area (Å²) >= 11 is 5.18. The van der Waals surface area contributed by atoms with Crippen molar-refractivity contribution in [2.24, 2.45) is 0 Å². The van der Waals surface area contributed by atoms with Crippen LogP contribution in [0.2, 0.25) is 0 Å². The van der Waals surface area contributed by atoms with E-state index in [1.165, 1.54) is 0 Å². The lowest BCUT2D eigenvalue weighted by Gasteiger charge is -2.17. The van der Waals surface area contributed by atoms with Gasteiger partial charge in [-0.25, -0.2) is 0 Å². The van der Waals surface area contributed by atoms with E-state index in [-0.39, 0.29) is 0 Å². The Bertz CT molecular complexity index is 366. The molecule has 17 heavy (non-hydrogen) atoms. The lowest BCUT2D eigenvalue weighted by molar-refractivity contribution is 0.112. The summed E-state index contributed by atoms with van der Waals surface area (Å²) in [7, 11) is 0. The fraction of sp³-hybridized carbons (Fsp3) is 0.462. The van der Waals surface area contributed by atoms with Crippen LogP contribution in [0.4, 0.5) is 0 Å². The molecule has 0 aliphatic rings. The van der Waals surface area contributed by atoms with Crippen LogP contribution in [0.3, 0.4) is 0 Å². The number of nitrogens with zero attached hydrogens (tertiary/aromatic N) is 1. The number of carbonyl (C=O) groups is 1. The second-order valence-corrected chi connectivity index (χ2v) is 5.73. The van der Waals surface area contributed by atoms with E-state index in [4.69, 9.17) is 0 Å². The van der Waals surface area contributed by atoms with E-state index < -0.39 is 0 Å². The highest BCUT2D eigenvalue weighted by atomic mass is 79.9. The molecule has 0 aliphatic heterocycles. The van der Waals surface area contributed by atoms with Crippen molar-refractivity contribution in [1.29, 1.82) is 0 Å². The molecule has 2 nitrogen and oxygen atoms in total. The van der Waals surface area contributed by atoms with Gasteiger partial charge in [-0.15, -0.1) is 11.8 Å². The largest absolute Gasteiger partial charge is 0.303 e. The van der Waals surface area contributed by atoms with Gasteiger partial charge in [0.15, 0.2) is 6.29 Å². The topological polar surface area (TPSA) is 20.3 Å². The molecule has 94 valence electrons. The highest BCUT2D eigenvalue weighted by molar-refractivity contribution is 9.10. The zero-order chi connectivity index (χ0) is 12.7. The molecule has 1 aromatic rings. The van der Waals surface area contributed by atoms with Crippen molar-refractivity contribution < 1.29 is 4.79 Å². The second-order valence-electron chi connectivity index (χ2n) is 3.68. The number of rotatable bonds is 7. The summed E-state index contributed by atoms with van der Waals surface area (Å²) in [6, 6.07) is 5.77. The van der Waals surface area contributed by atoms with Crippen molar-refractivity contribution in [3.8, 4) is 0 Å². The predicted molar refractivity (Wildman–Crippen MR) is 78.0 cm³/mol. The van der Waals surface area contributed by atoms with Crippen molar-refractivity contribution in [3.63, 3.8) is 0 Å². The normalized spacial score (nSPS) is 10.8. The van der Waals surface area contributed by atoms with Gasteiger partial charge in [0.2, 0.25) is 0 Å². The number of hydrogen-bond donors (Lipinski definition) is 0. The Morgan fingerprint density at radius 2 is 2.06 bits per heavy atom. The van der Waals surface area contributed by atoms with E-state index in [0.717, 1.165) is 46.6 Å². The Kier molecular flexibility index (Phi) is 6.85. The van der Waals surface area contributed by atoms with E-state index >= 15 is 0 Å². The standard InChI is InChI=1S/C13H18BrNOS/c1-3-15(4-2)7-8-17-13-9-12(14)6-5-11(13)10-16/h5-6,9-10H,3-4,7-8H2,1-2H3. The molecular formula is C13H18BrNOS. The zero-order valence-electron chi connectivity index (χ0n) is 10.3. The van der Waals surface area contributed by atoms with Gasteiger partial charge in [-0.2, -0.15) is 0 Å². The van der Waals surface area contributed by atoms with Gasteiger partial charge in [0.25, 0.3) is 0 Å². The molecule has 0 spiro atoms. The van der Waals surface area contributed by atoms with Gasteiger partial charge in [0.05, 0.1) is 0 Å². The molecule has 4 heteroatoms. The van der Waals surface area contributed by atoms with E-state index in [0.29, 0.717) is 0 Å². The fourth-order valence-electron chi connectivity index (χ4n) is 1.56. The fourth-order valence-corrected chi connectivity index (χ4v) is 3.13. The molecule has 0 amide bonds. The molecule has 0 radical (unpaired) electrons. The average molecular weight is 316 g/mol. The van der Waals surface area contributed by atoms with Gasteiger partial charge >= 0.3 is 0 Å². The van der Waals surface area contributed by atoms with Crippen LogP contribution >= 0.6 is 27.7 Å². The van der Waals surface area contributed by atoms with Gasteiger partial charge in [0.1, 0.15) is 0 Å². The Hall–Kier alpha value is -0.320. The van der Waals surface area contributed by atoms with Gasteiger partial charge in [-0.3, -0.25) is 4.79 Å². The first kappa shape index (κ1) is 14.7. The van der Waals surface area contributed by atoms with Gasteiger partial charge in [0, 0.05) is 27.2 Å². The lowest BCUT2D eigenvalue weighted by Crippen LogP contribution is -2.25. The molecule has 0 aromatic heterocycles. The molecule has 0 saturated heterocycles. The summed E-state index contributed by atoms with van der Waals surface area (Å²) < 4.78 is 1.02. The van der Waals surface area contributed by atoms with Crippen LogP contribution in [0, 0.1) is 0 Å². The van der Waals surface area contributed by atoms with Crippen molar-refractivity contribution in [2.75, 3.05) is 25.4 Å². The number of carbonyl (C=O) groups excluding carboxylic acids is 1. The number of aldehydes is 1. The molecule has 0 bridgehead atoms. The molecule has 0 aliphatic carbocycles. The van der Waals surface area contributed by atoms with Crippen LogP contribution in [0.15, 0.2) is 27.6 Å². The predicted octanol–water partition coefficient (Wildman–Crippen LogP) is 3.70. The van der Waals surface area contributed by atoms with Crippen molar-refractivity contribution in [2.45, 2.75) is 18.7 Å². The summed E-state index contributed by atoms with van der Waals surface area (Å²) in [5.74, 6) is 1.01. The highest BCUT2D eigenvalue weighted by Gasteiger charge is 2.04. The quantitative estimate of drug-likeness (QED) is 0.565. The number of benzene rings is 1. The van der Waals surface area contributed by atoms with Crippen molar-refractivity contribution in [3.05, 3.63) is 28.2 Å². The molecule has 0 heterocycles. The first-order valence-corrected chi connectivity index (χ1v) is 7.59. The minimum Gasteiger partial charge on any atom is -0.303 e. The average Bonchev–Trinajstić information content (AvgIpc) is 2.35. The maximum absolute atomic E-state index is 10.9. The van der Waals surface area contributed by atoms with Crippen LogP contribution in [0.1, 0.15) is 24.2 Å². The summed E-state index contributed by atoms with van der Waals surface area (Å²) in [6.07, 6.45) is 0.923. The van der Waals surface area contributed by atoms with E-state index in [1.807, 2.05) is 18.2 Å². The number of thioether (sulfide) groups is 1. The lowest BCUT2D eigenvalue weighted by atomic mass is 10.2. The second kappa shape index (κ2) is 7.90. The Labute approximate surface area is 116 Å². The molecular weight excluding hydrogens is 298 g/mol. The Morgan fingerprint density at radius 1 is 1.35 bits per heavy atom. The zero-order valence-corrected chi connectivity index (χ0v) is 12.7. The third kappa shape index (κ3) is 4.82. The molecule has 1 rings (SSSR count).